The number of amides is 2. The molecule has 2 N–H and O–H groups in total. The molecular formula is C23H22N2O8. The van der Waals surface area contributed by atoms with Crippen LogP contribution in [0.1, 0.15) is 22.8 Å². The SMILES string of the molecule is CCOC(=O)Nc1ccc2c(COC(=O)CNC(=O)c3cccc(OC)c3)cc(=O)oc2c1. The topological polar surface area (TPSA) is 133 Å². The number of hydrogen-bond donors (Lipinski definition) is 2. The molecule has 0 bridgehead atoms. The molecule has 0 aliphatic heterocycles. The van der Waals surface area contributed by atoms with E-state index in [4.69, 9.17) is 18.6 Å². The average molecular weight is 454 g/mol. The minimum atomic E-state index is -0.687. The number of rotatable bonds is 8. The van der Waals surface area contributed by atoms with Crippen LogP contribution in [0.15, 0.2) is 57.7 Å². The lowest BCUT2D eigenvalue weighted by atomic mass is 10.1. The van der Waals surface area contributed by atoms with Gasteiger partial charge in [0.15, 0.2) is 0 Å². The number of benzene rings is 2. The Morgan fingerprint density at radius 2 is 1.85 bits per heavy atom. The Kier molecular flexibility index (Phi) is 7.64. The van der Waals surface area contributed by atoms with Gasteiger partial charge in [-0.05, 0) is 37.3 Å². The Morgan fingerprint density at radius 1 is 1.03 bits per heavy atom. The van der Waals surface area contributed by atoms with Crippen molar-refractivity contribution in [1.29, 1.82) is 0 Å². The van der Waals surface area contributed by atoms with E-state index in [1.807, 2.05) is 0 Å². The third-order valence-corrected chi connectivity index (χ3v) is 4.47. The molecule has 3 aromatic rings. The molecule has 0 fully saturated rings. The molecule has 1 heterocycles. The zero-order valence-electron chi connectivity index (χ0n) is 18.0. The first-order valence-corrected chi connectivity index (χ1v) is 9.98. The van der Waals surface area contributed by atoms with Crippen LogP contribution >= 0.6 is 0 Å². The highest BCUT2D eigenvalue weighted by molar-refractivity contribution is 5.96. The number of nitrogens with one attached hydrogen (secondary N) is 2. The highest BCUT2D eigenvalue weighted by Crippen LogP contribution is 2.22. The largest absolute Gasteiger partial charge is 0.497 e. The fraction of sp³-hybridized carbons (Fsp3) is 0.217. The van der Waals surface area contributed by atoms with Crippen molar-refractivity contribution in [3.63, 3.8) is 0 Å². The van der Waals surface area contributed by atoms with Crippen LogP contribution in [0.2, 0.25) is 0 Å². The second-order valence-electron chi connectivity index (χ2n) is 6.72. The van der Waals surface area contributed by atoms with Crippen molar-refractivity contribution in [2.75, 3.05) is 25.6 Å². The van der Waals surface area contributed by atoms with E-state index in [0.29, 0.717) is 28.0 Å². The Labute approximate surface area is 188 Å². The molecule has 33 heavy (non-hydrogen) atoms. The van der Waals surface area contributed by atoms with E-state index in [1.54, 1.807) is 43.3 Å². The lowest BCUT2D eigenvalue weighted by Crippen LogP contribution is -2.30. The number of ether oxygens (including phenoxy) is 3. The second kappa shape index (κ2) is 10.8. The van der Waals surface area contributed by atoms with Crippen LogP contribution in [-0.2, 0) is 20.9 Å². The molecule has 0 saturated carbocycles. The second-order valence-corrected chi connectivity index (χ2v) is 6.72. The maximum Gasteiger partial charge on any atom is 0.411 e. The molecule has 1 aromatic heterocycles. The number of anilines is 1. The van der Waals surface area contributed by atoms with Crippen molar-refractivity contribution < 1.29 is 33.0 Å². The zero-order chi connectivity index (χ0) is 23.8. The standard InChI is InChI=1S/C23H22N2O8/c1-3-31-23(29)25-16-7-8-18-15(10-20(26)33-19(18)11-16)13-32-21(27)12-24-22(28)14-5-4-6-17(9-14)30-2/h4-11H,3,12-13H2,1-2H3,(H,24,28)(H,25,29). The van der Waals surface area contributed by atoms with Gasteiger partial charge in [0.1, 0.15) is 24.5 Å². The molecule has 172 valence electrons. The predicted molar refractivity (Wildman–Crippen MR) is 118 cm³/mol. The fourth-order valence-corrected chi connectivity index (χ4v) is 2.94. The normalized spacial score (nSPS) is 10.4. The highest BCUT2D eigenvalue weighted by atomic mass is 16.5. The molecule has 0 aliphatic rings. The summed E-state index contributed by atoms with van der Waals surface area (Å²) in [7, 11) is 1.49. The van der Waals surface area contributed by atoms with Crippen LogP contribution in [0, 0.1) is 0 Å². The van der Waals surface area contributed by atoms with Crippen LogP contribution in [0.25, 0.3) is 11.0 Å². The number of carbonyl (C=O) groups excluding carboxylic acids is 3. The molecule has 0 spiro atoms. The van der Waals surface area contributed by atoms with E-state index in [-0.39, 0.29) is 25.3 Å². The Morgan fingerprint density at radius 3 is 2.61 bits per heavy atom. The van der Waals surface area contributed by atoms with E-state index in [2.05, 4.69) is 10.6 Å². The van der Waals surface area contributed by atoms with Gasteiger partial charge >= 0.3 is 17.7 Å². The summed E-state index contributed by atoms with van der Waals surface area (Å²) in [5, 5.41) is 5.51. The molecule has 10 nitrogen and oxygen atoms in total. The monoisotopic (exact) mass is 454 g/mol. The van der Waals surface area contributed by atoms with Crippen LogP contribution in [0.5, 0.6) is 5.75 Å². The van der Waals surface area contributed by atoms with Gasteiger partial charge in [-0.15, -0.1) is 0 Å². The van der Waals surface area contributed by atoms with Crippen molar-refractivity contribution in [3.05, 3.63) is 70.1 Å². The summed E-state index contributed by atoms with van der Waals surface area (Å²) in [6, 6.07) is 12.4. The van der Waals surface area contributed by atoms with Gasteiger partial charge in [0.05, 0.1) is 13.7 Å². The van der Waals surface area contributed by atoms with Crippen molar-refractivity contribution in [1.82, 2.24) is 5.32 Å². The number of carbonyl (C=O) groups is 3. The van der Waals surface area contributed by atoms with Gasteiger partial charge in [-0.2, -0.15) is 0 Å². The summed E-state index contributed by atoms with van der Waals surface area (Å²) >= 11 is 0. The Balaban J connectivity index is 1.62. The lowest BCUT2D eigenvalue weighted by Gasteiger charge is -2.10. The molecule has 0 unspecified atom stereocenters. The van der Waals surface area contributed by atoms with Gasteiger partial charge in [0.2, 0.25) is 0 Å². The summed E-state index contributed by atoms with van der Waals surface area (Å²) < 4.78 is 20.3. The van der Waals surface area contributed by atoms with E-state index in [0.717, 1.165) is 0 Å². The van der Waals surface area contributed by atoms with E-state index < -0.39 is 23.6 Å². The van der Waals surface area contributed by atoms with Crippen molar-refractivity contribution in [3.8, 4) is 5.75 Å². The molecule has 10 heteroatoms. The van der Waals surface area contributed by atoms with Gasteiger partial charge in [0.25, 0.3) is 5.91 Å². The number of fused-ring (bicyclic) bond motifs is 1. The molecule has 2 amide bonds. The van der Waals surface area contributed by atoms with Gasteiger partial charge in [0, 0.05) is 34.3 Å². The van der Waals surface area contributed by atoms with Crippen LogP contribution in [0.3, 0.4) is 0 Å². The van der Waals surface area contributed by atoms with Crippen molar-refractivity contribution >= 4 is 34.6 Å². The summed E-state index contributed by atoms with van der Waals surface area (Å²) in [4.78, 5) is 47.8. The van der Waals surface area contributed by atoms with Crippen LogP contribution in [-0.4, -0.2) is 38.2 Å². The summed E-state index contributed by atoms with van der Waals surface area (Å²) in [5.74, 6) is -0.632. The van der Waals surface area contributed by atoms with Gasteiger partial charge in [-0.3, -0.25) is 14.9 Å². The molecular weight excluding hydrogens is 432 g/mol. The first-order valence-electron chi connectivity index (χ1n) is 9.98. The fourth-order valence-electron chi connectivity index (χ4n) is 2.94. The number of esters is 1. The zero-order valence-corrected chi connectivity index (χ0v) is 18.0. The molecule has 0 atom stereocenters. The summed E-state index contributed by atoms with van der Waals surface area (Å²) in [5.41, 5.74) is 0.679. The van der Waals surface area contributed by atoms with E-state index >= 15 is 0 Å². The minimum absolute atomic E-state index is 0.203. The van der Waals surface area contributed by atoms with Crippen molar-refractivity contribution in [2.24, 2.45) is 0 Å². The van der Waals surface area contributed by atoms with E-state index in [9.17, 15) is 19.2 Å². The quantitative estimate of drug-likeness (QED) is 0.392. The summed E-state index contributed by atoms with van der Waals surface area (Å²) in [6.07, 6.45) is -0.639. The Hall–Kier alpha value is -4.34. The Bertz CT molecular complexity index is 1230. The maximum atomic E-state index is 12.2. The van der Waals surface area contributed by atoms with Crippen molar-refractivity contribution in [2.45, 2.75) is 13.5 Å². The maximum absolute atomic E-state index is 12.2. The third-order valence-electron chi connectivity index (χ3n) is 4.47. The van der Waals surface area contributed by atoms with Gasteiger partial charge < -0.3 is 23.9 Å². The van der Waals surface area contributed by atoms with Gasteiger partial charge in [-0.1, -0.05) is 6.07 Å². The molecule has 0 saturated heterocycles. The first kappa shape index (κ1) is 23.3. The number of hydrogen-bond acceptors (Lipinski definition) is 8. The van der Waals surface area contributed by atoms with Crippen LogP contribution in [0.4, 0.5) is 10.5 Å². The lowest BCUT2D eigenvalue weighted by molar-refractivity contribution is -0.143. The summed E-state index contributed by atoms with van der Waals surface area (Å²) in [6.45, 7) is 1.32. The number of methoxy groups -OCH3 is 1. The average Bonchev–Trinajstić information content (AvgIpc) is 2.80. The van der Waals surface area contributed by atoms with E-state index in [1.165, 1.54) is 19.2 Å². The predicted octanol–water partition coefficient (Wildman–Crippen LogP) is 2.84. The highest BCUT2D eigenvalue weighted by Gasteiger charge is 2.13. The smallest absolute Gasteiger partial charge is 0.411 e. The molecule has 0 aliphatic carbocycles. The van der Waals surface area contributed by atoms with Crippen LogP contribution < -0.4 is 21.0 Å². The molecule has 3 rings (SSSR count). The molecule has 0 radical (unpaired) electrons. The minimum Gasteiger partial charge on any atom is -0.497 e. The third kappa shape index (κ3) is 6.33. The first-order chi connectivity index (χ1) is 15.9. The molecule has 2 aromatic carbocycles. The van der Waals surface area contributed by atoms with Gasteiger partial charge in [-0.25, -0.2) is 9.59 Å².